The third kappa shape index (κ3) is 5.06. The van der Waals surface area contributed by atoms with E-state index in [4.69, 9.17) is 17.3 Å². The van der Waals surface area contributed by atoms with Crippen molar-refractivity contribution in [2.24, 2.45) is 5.73 Å². The van der Waals surface area contributed by atoms with Gasteiger partial charge in [-0.3, -0.25) is 4.79 Å². The van der Waals surface area contributed by atoms with Crippen molar-refractivity contribution in [3.8, 4) is 0 Å². The zero-order valence-electron chi connectivity index (χ0n) is 12.2. The maximum Gasteiger partial charge on any atom is 0.252 e. The number of nitrogens with one attached hydrogen (secondary N) is 1. The second kappa shape index (κ2) is 8.28. The Bertz CT molecular complexity index is 491. The summed E-state index contributed by atoms with van der Waals surface area (Å²) in [4.78, 5) is 13.3. The highest BCUT2D eigenvalue weighted by Crippen LogP contribution is 2.26. The normalized spacial score (nSPS) is 16.9. The lowest BCUT2D eigenvalue weighted by Gasteiger charge is -2.33. The van der Waals surface area contributed by atoms with Crippen LogP contribution in [-0.4, -0.2) is 24.2 Å². The van der Waals surface area contributed by atoms with Crippen LogP contribution in [0.1, 0.15) is 42.5 Å². The van der Waals surface area contributed by atoms with E-state index in [-0.39, 0.29) is 23.9 Å². The molecule has 118 valence electrons. The Kier molecular flexibility index (Phi) is 7.34. The third-order valence-corrected chi connectivity index (χ3v) is 4.92. The van der Waals surface area contributed by atoms with Gasteiger partial charge in [-0.05, 0) is 37.3 Å². The SMILES string of the molecule is CSc1ccc(Cl)c(C(=O)NCC2(N)CCCCC2)c1.Cl. The predicted octanol–water partition coefficient (Wildman–Crippen LogP) is 3.88. The zero-order chi connectivity index (χ0) is 14.6. The fourth-order valence-corrected chi connectivity index (χ4v) is 3.23. The highest BCUT2D eigenvalue weighted by atomic mass is 35.5. The van der Waals surface area contributed by atoms with Gasteiger partial charge in [-0.25, -0.2) is 0 Å². The Balaban J connectivity index is 0.00000220. The van der Waals surface area contributed by atoms with Crippen molar-refractivity contribution in [2.75, 3.05) is 12.8 Å². The van der Waals surface area contributed by atoms with Crippen LogP contribution >= 0.6 is 35.8 Å². The predicted molar refractivity (Wildman–Crippen MR) is 92.8 cm³/mol. The maximum absolute atomic E-state index is 12.3. The molecule has 1 fully saturated rings. The molecule has 1 aromatic carbocycles. The summed E-state index contributed by atoms with van der Waals surface area (Å²) in [5, 5.41) is 3.43. The zero-order valence-corrected chi connectivity index (χ0v) is 14.5. The van der Waals surface area contributed by atoms with E-state index in [0.717, 1.165) is 30.6 Å². The molecule has 1 aromatic rings. The Labute approximate surface area is 141 Å². The summed E-state index contributed by atoms with van der Waals surface area (Å²) in [5.41, 5.74) is 6.60. The van der Waals surface area contributed by atoms with Crippen LogP contribution in [0.25, 0.3) is 0 Å². The Hall–Kier alpha value is -0.420. The molecule has 3 nitrogen and oxygen atoms in total. The third-order valence-electron chi connectivity index (χ3n) is 3.87. The van der Waals surface area contributed by atoms with Crippen LogP contribution in [0, 0.1) is 0 Å². The quantitative estimate of drug-likeness (QED) is 0.811. The molecule has 0 unspecified atom stereocenters. The number of carbonyl (C=O) groups excluding carboxylic acids is 1. The van der Waals surface area contributed by atoms with E-state index < -0.39 is 0 Å². The van der Waals surface area contributed by atoms with E-state index in [1.54, 1.807) is 17.8 Å². The molecule has 0 atom stereocenters. The number of hydrogen-bond donors (Lipinski definition) is 2. The highest BCUT2D eigenvalue weighted by molar-refractivity contribution is 7.98. The van der Waals surface area contributed by atoms with Crippen molar-refractivity contribution in [1.82, 2.24) is 5.32 Å². The van der Waals surface area contributed by atoms with Gasteiger partial charge in [-0.2, -0.15) is 0 Å². The molecule has 21 heavy (non-hydrogen) atoms. The van der Waals surface area contributed by atoms with Crippen LogP contribution in [-0.2, 0) is 0 Å². The van der Waals surface area contributed by atoms with Crippen molar-refractivity contribution >= 4 is 41.7 Å². The molecule has 0 radical (unpaired) electrons. The molecule has 0 aliphatic heterocycles. The number of amides is 1. The molecule has 2 rings (SSSR count). The lowest BCUT2D eigenvalue weighted by molar-refractivity contribution is 0.0937. The van der Waals surface area contributed by atoms with Gasteiger partial charge in [0.05, 0.1) is 10.6 Å². The van der Waals surface area contributed by atoms with Gasteiger partial charge in [0.1, 0.15) is 0 Å². The Morgan fingerprint density at radius 3 is 2.67 bits per heavy atom. The van der Waals surface area contributed by atoms with E-state index in [1.807, 2.05) is 18.4 Å². The monoisotopic (exact) mass is 348 g/mol. The topological polar surface area (TPSA) is 55.1 Å². The molecule has 0 saturated heterocycles. The van der Waals surface area contributed by atoms with Crippen LogP contribution in [0.2, 0.25) is 5.02 Å². The highest BCUT2D eigenvalue weighted by Gasteiger charge is 2.28. The van der Waals surface area contributed by atoms with Crippen molar-refractivity contribution in [2.45, 2.75) is 42.5 Å². The van der Waals surface area contributed by atoms with Gasteiger partial charge < -0.3 is 11.1 Å². The van der Waals surface area contributed by atoms with Crippen LogP contribution in [0.4, 0.5) is 0 Å². The molecular formula is C15H22Cl2N2OS. The number of benzene rings is 1. The smallest absolute Gasteiger partial charge is 0.252 e. The largest absolute Gasteiger partial charge is 0.350 e. The number of halogens is 2. The number of thioether (sulfide) groups is 1. The minimum absolute atomic E-state index is 0. The molecule has 0 aromatic heterocycles. The van der Waals surface area contributed by atoms with Crippen molar-refractivity contribution in [3.63, 3.8) is 0 Å². The molecule has 1 aliphatic rings. The summed E-state index contributed by atoms with van der Waals surface area (Å²) in [6, 6.07) is 5.50. The van der Waals surface area contributed by atoms with Crippen LogP contribution in [0.15, 0.2) is 23.1 Å². The Morgan fingerprint density at radius 2 is 2.05 bits per heavy atom. The van der Waals surface area contributed by atoms with Crippen LogP contribution in [0.5, 0.6) is 0 Å². The van der Waals surface area contributed by atoms with Gasteiger partial charge in [-0.1, -0.05) is 30.9 Å². The summed E-state index contributed by atoms with van der Waals surface area (Å²) in [6.45, 7) is 0.520. The first kappa shape index (κ1) is 18.6. The van der Waals surface area contributed by atoms with E-state index >= 15 is 0 Å². The van der Waals surface area contributed by atoms with Crippen LogP contribution < -0.4 is 11.1 Å². The molecule has 0 heterocycles. The molecule has 3 N–H and O–H groups in total. The van der Waals surface area contributed by atoms with Gasteiger partial charge >= 0.3 is 0 Å². The first-order valence-corrected chi connectivity index (χ1v) is 8.55. The molecular weight excluding hydrogens is 327 g/mol. The molecule has 1 saturated carbocycles. The van der Waals surface area contributed by atoms with Crippen molar-refractivity contribution < 1.29 is 4.79 Å². The lowest BCUT2D eigenvalue weighted by atomic mass is 9.82. The maximum atomic E-state index is 12.3. The number of rotatable bonds is 4. The first-order chi connectivity index (χ1) is 9.54. The van der Waals surface area contributed by atoms with Gasteiger partial charge in [0.2, 0.25) is 0 Å². The summed E-state index contributed by atoms with van der Waals surface area (Å²) >= 11 is 7.69. The molecule has 0 bridgehead atoms. The Morgan fingerprint density at radius 1 is 1.38 bits per heavy atom. The van der Waals surface area contributed by atoms with Gasteiger partial charge in [0.15, 0.2) is 0 Å². The number of nitrogens with two attached hydrogens (primary N) is 1. The van der Waals surface area contributed by atoms with Crippen molar-refractivity contribution in [1.29, 1.82) is 0 Å². The standard InChI is InChI=1S/C15H21ClN2OS.ClH/c1-20-11-5-6-13(16)12(9-11)14(19)18-10-15(17)7-3-2-4-8-15;/h5-6,9H,2-4,7-8,10,17H2,1H3,(H,18,19);1H. The fraction of sp³-hybridized carbons (Fsp3) is 0.533. The lowest BCUT2D eigenvalue weighted by Crippen LogP contribution is -2.51. The number of carbonyl (C=O) groups is 1. The summed E-state index contributed by atoms with van der Waals surface area (Å²) in [6.07, 6.45) is 7.47. The summed E-state index contributed by atoms with van der Waals surface area (Å²) < 4.78 is 0. The minimum atomic E-state index is -0.252. The van der Waals surface area contributed by atoms with Gasteiger partial charge in [0, 0.05) is 17.0 Å². The molecule has 0 spiro atoms. The van der Waals surface area contributed by atoms with E-state index in [0.29, 0.717) is 17.1 Å². The minimum Gasteiger partial charge on any atom is -0.350 e. The molecule has 1 amide bonds. The second-order valence-corrected chi connectivity index (χ2v) is 6.74. The average molecular weight is 349 g/mol. The van der Waals surface area contributed by atoms with Crippen LogP contribution in [0.3, 0.4) is 0 Å². The average Bonchev–Trinajstić information content (AvgIpc) is 2.46. The molecule has 1 aliphatic carbocycles. The first-order valence-electron chi connectivity index (χ1n) is 6.95. The summed E-state index contributed by atoms with van der Waals surface area (Å²) in [7, 11) is 0. The second-order valence-electron chi connectivity index (χ2n) is 5.45. The fourth-order valence-electron chi connectivity index (χ4n) is 2.59. The molecule has 6 heteroatoms. The van der Waals surface area contributed by atoms with E-state index in [2.05, 4.69) is 5.32 Å². The summed E-state index contributed by atoms with van der Waals surface area (Å²) in [5.74, 6) is -0.138. The van der Waals surface area contributed by atoms with Gasteiger partial charge in [-0.15, -0.1) is 24.2 Å². The number of hydrogen-bond acceptors (Lipinski definition) is 3. The van der Waals surface area contributed by atoms with Crippen molar-refractivity contribution in [3.05, 3.63) is 28.8 Å². The van der Waals surface area contributed by atoms with Gasteiger partial charge in [0.25, 0.3) is 5.91 Å². The van der Waals surface area contributed by atoms with E-state index in [1.165, 1.54) is 6.42 Å². The van der Waals surface area contributed by atoms with E-state index in [9.17, 15) is 4.79 Å².